The lowest BCUT2D eigenvalue weighted by atomic mass is 9.96. The third-order valence-corrected chi connectivity index (χ3v) is 3.40. The van der Waals surface area contributed by atoms with E-state index in [1.54, 1.807) is 0 Å². The minimum atomic E-state index is -0.152. The second-order valence-electron chi connectivity index (χ2n) is 4.98. The monoisotopic (exact) mass is 276 g/mol. The summed E-state index contributed by atoms with van der Waals surface area (Å²) in [6, 6.07) is 0. The molecule has 0 aromatic rings. The van der Waals surface area contributed by atoms with Gasteiger partial charge < -0.3 is 4.74 Å². The van der Waals surface area contributed by atoms with Gasteiger partial charge in [0.2, 0.25) is 0 Å². The molecule has 0 amide bonds. The molecule has 0 rings (SSSR count). The summed E-state index contributed by atoms with van der Waals surface area (Å²) in [7, 11) is 0. The predicted molar refractivity (Wildman–Crippen MR) is 78.1 cm³/mol. The summed E-state index contributed by atoms with van der Waals surface area (Å²) in [6.45, 7) is 5.02. The lowest BCUT2D eigenvalue weighted by Gasteiger charge is -2.16. The van der Waals surface area contributed by atoms with Crippen LogP contribution in [0.4, 0.5) is 0 Å². The third-order valence-electron chi connectivity index (χ3n) is 3.21. The second kappa shape index (κ2) is 13.2. The molecule has 0 saturated heterocycles. The van der Waals surface area contributed by atoms with Crippen LogP contribution >= 0.6 is 11.6 Å². The molecule has 0 spiro atoms. The number of rotatable bonds is 12. The van der Waals surface area contributed by atoms with Crippen LogP contribution in [0.25, 0.3) is 0 Å². The van der Waals surface area contributed by atoms with Gasteiger partial charge in [-0.1, -0.05) is 52.4 Å². The Morgan fingerprint density at radius 1 is 1.06 bits per heavy atom. The van der Waals surface area contributed by atoms with Crippen LogP contribution in [-0.2, 0) is 9.53 Å². The molecule has 0 aliphatic rings. The molecule has 0 heterocycles. The summed E-state index contributed by atoms with van der Waals surface area (Å²) >= 11 is 5.52. The van der Waals surface area contributed by atoms with Crippen LogP contribution in [0.5, 0.6) is 0 Å². The second-order valence-corrected chi connectivity index (χ2v) is 5.36. The largest absolute Gasteiger partial charge is 0.465 e. The summed E-state index contributed by atoms with van der Waals surface area (Å²) in [5.41, 5.74) is 0. The van der Waals surface area contributed by atoms with Gasteiger partial charge in [0.1, 0.15) is 0 Å². The van der Waals surface area contributed by atoms with Crippen LogP contribution in [0.2, 0.25) is 0 Å². The SMILES string of the molecule is CCCCCC(CCCCC)COC(=O)CCCl. The van der Waals surface area contributed by atoms with Crippen molar-refractivity contribution in [2.24, 2.45) is 5.92 Å². The molecule has 0 bridgehead atoms. The normalized spacial score (nSPS) is 10.9. The first-order chi connectivity index (χ1) is 8.74. The zero-order valence-corrected chi connectivity index (χ0v) is 12.8. The smallest absolute Gasteiger partial charge is 0.307 e. The van der Waals surface area contributed by atoms with Crippen molar-refractivity contribution >= 4 is 17.6 Å². The first kappa shape index (κ1) is 17.8. The summed E-state index contributed by atoms with van der Waals surface area (Å²) < 4.78 is 5.28. The number of alkyl halides is 1. The number of carbonyl (C=O) groups excluding carboxylic acids is 1. The Morgan fingerprint density at radius 3 is 2.06 bits per heavy atom. The number of hydrogen-bond acceptors (Lipinski definition) is 2. The lowest BCUT2D eigenvalue weighted by Crippen LogP contribution is -2.14. The van der Waals surface area contributed by atoms with Crippen molar-refractivity contribution in [3.63, 3.8) is 0 Å². The molecule has 0 saturated carbocycles. The molecule has 18 heavy (non-hydrogen) atoms. The molecule has 0 aliphatic carbocycles. The van der Waals surface area contributed by atoms with Crippen molar-refractivity contribution in [2.45, 2.75) is 71.6 Å². The molecule has 0 aromatic heterocycles. The fraction of sp³-hybridized carbons (Fsp3) is 0.933. The van der Waals surface area contributed by atoms with Gasteiger partial charge in [-0.3, -0.25) is 4.79 Å². The van der Waals surface area contributed by atoms with E-state index in [1.165, 1.54) is 51.4 Å². The van der Waals surface area contributed by atoms with E-state index in [0.717, 1.165) is 0 Å². The van der Waals surface area contributed by atoms with Gasteiger partial charge in [-0.25, -0.2) is 0 Å². The maximum atomic E-state index is 11.3. The van der Waals surface area contributed by atoms with Crippen LogP contribution < -0.4 is 0 Å². The molecule has 108 valence electrons. The van der Waals surface area contributed by atoms with Gasteiger partial charge in [0.25, 0.3) is 0 Å². The quantitative estimate of drug-likeness (QED) is 0.287. The number of hydrogen-bond donors (Lipinski definition) is 0. The van der Waals surface area contributed by atoms with Crippen LogP contribution in [0.1, 0.15) is 71.6 Å². The Bertz CT molecular complexity index is 185. The highest BCUT2D eigenvalue weighted by atomic mass is 35.5. The molecule has 0 fully saturated rings. The van der Waals surface area contributed by atoms with Gasteiger partial charge in [-0.2, -0.15) is 0 Å². The van der Waals surface area contributed by atoms with Crippen LogP contribution in [0.3, 0.4) is 0 Å². The van der Waals surface area contributed by atoms with Crippen molar-refractivity contribution in [1.82, 2.24) is 0 Å². The maximum absolute atomic E-state index is 11.3. The van der Waals surface area contributed by atoms with Crippen molar-refractivity contribution in [3.05, 3.63) is 0 Å². The molecule has 3 heteroatoms. The highest BCUT2D eigenvalue weighted by Gasteiger charge is 2.11. The predicted octanol–water partition coefficient (Wildman–Crippen LogP) is 4.94. The molecule has 0 aromatic carbocycles. The van der Waals surface area contributed by atoms with Gasteiger partial charge in [0.15, 0.2) is 0 Å². The Hall–Kier alpha value is -0.240. The van der Waals surface area contributed by atoms with E-state index in [0.29, 0.717) is 24.8 Å². The van der Waals surface area contributed by atoms with Crippen LogP contribution in [0, 0.1) is 5.92 Å². The van der Waals surface area contributed by atoms with Crippen molar-refractivity contribution < 1.29 is 9.53 Å². The Morgan fingerprint density at radius 2 is 1.61 bits per heavy atom. The molecule has 0 unspecified atom stereocenters. The summed E-state index contributed by atoms with van der Waals surface area (Å²) in [6.07, 6.45) is 10.2. The average Bonchev–Trinajstić information content (AvgIpc) is 2.36. The fourth-order valence-electron chi connectivity index (χ4n) is 2.04. The minimum absolute atomic E-state index is 0.152. The van der Waals surface area contributed by atoms with Crippen LogP contribution in [-0.4, -0.2) is 18.5 Å². The summed E-state index contributed by atoms with van der Waals surface area (Å²) in [5, 5.41) is 0. The van der Waals surface area contributed by atoms with Gasteiger partial charge in [-0.05, 0) is 18.8 Å². The number of carbonyl (C=O) groups is 1. The van der Waals surface area contributed by atoms with E-state index in [2.05, 4.69) is 13.8 Å². The molecule has 0 aliphatic heterocycles. The van der Waals surface area contributed by atoms with Crippen molar-refractivity contribution in [1.29, 1.82) is 0 Å². The fourth-order valence-corrected chi connectivity index (χ4v) is 2.19. The van der Waals surface area contributed by atoms with Crippen molar-refractivity contribution in [2.75, 3.05) is 12.5 Å². The average molecular weight is 277 g/mol. The van der Waals surface area contributed by atoms with Gasteiger partial charge in [0.05, 0.1) is 13.0 Å². The summed E-state index contributed by atoms with van der Waals surface area (Å²) in [5.74, 6) is 0.748. The lowest BCUT2D eigenvalue weighted by molar-refractivity contribution is -0.144. The number of unbranched alkanes of at least 4 members (excludes halogenated alkanes) is 4. The van der Waals surface area contributed by atoms with Crippen molar-refractivity contribution in [3.8, 4) is 0 Å². The molecular formula is C15H29ClO2. The molecule has 0 radical (unpaired) electrons. The zero-order valence-electron chi connectivity index (χ0n) is 12.0. The molecule has 2 nitrogen and oxygen atoms in total. The van der Waals surface area contributed by atoms with E-state index in [1.807, 2.05) is 0 Å². The highest BCUT2D eigenvalue weighted by Crippen LogP contribution is 2.18. The molecular weight excluding hydrogens is 248 g/mol. The van der Waals surface area contributed by atoms with E-state index in [9.17, 15) is 4.79 Å². The topological polar surface area (TPSA) is 26.3 Å². The van der Waals surface area contributed by atoms with Gasteiger partial charge >= 0.3 is 5.97 Å². The van der Waals surface area contributed by atoms with E-state index < -0.39 is 0 Å². The Labute approximate surface area is 117 Å². The number of esters is 1. The van der Waals surface area contributed by atoms with E-state index >= 15 is 0 Å². The standard InChI is InChI=1S/C15H29ClO2/c1-3-5-7-9-14(10-8-6-4-2)13-18-15(17)11-12-16/h14H,3-13H2,1-2H3. The number of ether oxygens (including phenoxy) is 1. The number of halogens is 1. The zero-order chi connectivity index (χ0) is 13.6. The molecule has 0 atom stereocenters. The summed E-state index contributed by atoms with van der Waals surface area (Å²) in [4.78, 5) is 11.3. The van der Waals surface area contributed by atoms with Crippen LogP contribution in [0.15, 0.2) is 0 Å². The highest BCUT2D eigenvalue weighted by molar-refractivity contribution is 6.18. The first-order valence-electron chi connectivity index (χ1n) is 7.46. The van der Waals surface area contributed by atoms with E-state index in [-0.39, 0.29) is 5.97 Å². The minimum Gasteiger partial charge on any atom is -0.465 e. The molecule has 0 N–H and O–H groups in total. The van der Waals surface area contributed by atoms with E-state index in [4.69, 9.17) is 16.3 Å². The first-order valence-corrected chi connectivity index (χ1v) is 7.99. The van der Waals surface area contributed by atoms with Gasteiger partial charge in [-0.15, -0.1) is 11.6 Å². The van der Waals surface area contributed by atoms with Gasteiger partial charge in [0, 0.05) is 5.88 Å². The Kier molecular flexibility index (Phi) is 13.0. The maximum Gasteiger partial charge on any atom is 0.307 e. The third kappa shape index (κ3) is 10.9. The Balaban J connectivity index is 3.83.